The van der Waals surface area contributed by atoms with Gasteiger partial charge >= 0.3 is 0 Å². The molecule has 0 aliphatic carbocycles. The molecule has 1 unspecified atom stereocenters. The number of benzene rings is 1. The molecule has 100 valence electrons. The number of hydrogen-bond donors (Lipinski definition) is 1. The highest BCUT2D eigenvalue weighted by molar-refractivity contribution is 5.64. The molecule has 1 N–H and O–H groups in total. The Morgan fingerprint density at radius 3 is 3.00 bits per heavy atom. The zero-order valence-electron chi connectivity index (χ0n) is 10.2. The molecular formula is C12H13N3O4. The van der Waals surface area contributed by atoms with Crippen LogP contribution in [0.25, 0.3) is 0 Å². The van der Waals surface area contributed by atoms with E-state index >= 15 is 0 Å². The Hall–Kier alpha value is -2.17. The molecule has 2 rings (SSSR count). The van der Waals surface area contributed by atoms with Gasteiger partial charge in [0.1, 0.15) is 5.69 Å². The highest BCUT2D eigenvalue weighted by atomic mass is 16.6. The van der Waals surface area contributed by atoms with Crippen LogP contribution in [0.4, 0.5) is 11.4 Å². The Bertz CT molecular complexity index is 506. The minimum atomic E-state index is -0.512. The number of nitriles is 1. The van der Waals surface area contributed by atoms with Crippen molar-refractivity contribution >= 4 is 11.4 Å². The van der Waals surface area contributed by atoms with E-state index in [1.165, 1.54) is 18.2 Å². The summed E-state index contributed by atoms with van der Waals surface area (Å²) >= 11 is 0. The van der Waals surface area contributed by atoms with Crippen LogP contribution in [0.2, 0.25) is 0 Å². The van der Waals surface area contributed by atoms with E-state index in [1.54, 1.807) is 0 Å². The molecule has 1 aliphatic rings. The van der Waals surface area contributed by atoms with Crippen LogP contribution in [-0.2, 0) is 9.47 Å². The van der Waals surface area contributed by atoms with Crippen LogP contribution in [-0.4, -0.2) is 37.4 Å². The predicted molar refractivity (Wildman–Crippen MR) is 66.9 cm³/mol. The first-order valence-corrected chi connectivity index (χ1v) is 5.82. The van der Waals surface area contributed by atoms with Gasteiger partial charge in [0, 0.05) is 12.6 Å². The first-order valence-electron chi connectivity index (χ1n) is 5.82. The number of nitrogens with one attached hydrogen (secondary N) is 1. The molecule has 0 spiro atoms. The van der Waals surface area contributed by atoms with Crippen molar-refractivity contribution in [2.75, 3.05) is 31.7 Å². The maximum Gasteiger partial charge on any atom is 0.293 e. The minimum absolute atomic E-state index is 0.115. The van der Waals surface area contributed by atoms with Gasteiger partial charge in [-0.2, -0.15) is 5.26 Å². The van der Waals surface area contributed by atoms with Crippen LogP contribution in [0.3, 0.4) is 0 Å². The Labute approximate surface area is 109 Å². The van der Waals surface area contributed by atoms with Gasteiger partial charge in [-0.25, -0.2) is 0 Å². The molecule has 0 radical (unpaired) electrons. The zero-order valence-corrected chi connectivity index (χ0v) is 10.2. The molecule has 7 heteroatoms. The Morgan fingerprint density at radius 1 is 1.53 bits per heavy atom. The van der Waals surface area contributed by atoms with Gasteiger partial charge in [0.2, 0.25) is 0 Å². The van der Waals surface area contributed by atoms with Gasteiger partial charge in [-0.15, -0.1) is 0 Å². The van der Waals surface area contributed by atoms with Crippen LogP contribution < -0.4 is 5.32 Å². The van der Waals surface area contributed by atoms with E-state index in [4.69, 9.17) is 14.7 Å². The summed E-state index contributed by atoms with van der Waals surface area (Å²) in [6.07, 6.45) is -0.121. The van der Waals surface area contributed by atoms with E-state index in [9.17, 15) is 10.1 Å². The van der Waals surface area contributed by atoms with Crippen molar-refractivity contribution in [1.82, 2.24) is 0 Å². The highest BCUT2D eigenvalue weighted by Gasteiger charge is 2.18. The highest BCUT2D eigenvalue weighted by Crippen LogP contribution is 2.25. The Morgan fingerprint density at radius 2 is 2.37 bits per heavy atom. The summed E-state index contributed by atoms with van der Waals surface area (Å²) < 4.78 is 10.7. The van der Waals surface area contributed by atoms with Crippen molar-refractivity contribution in [1.29, 1.82) is 5.26 Å². The van der Waals surface area contributed by atoms with Crippen LogP contribution in [0.15, 0.2) is 18.2 Å². The zero-order chi connectivity index (χ0) is 13.7. The fourth-order valence-electron chi connectivity index (χ4n) is 1.78. The summed E-state index contributed by atoms with van der Waals surface area (Å²) in [5.41, 5.74) is 0.517. The van der Waals surface area contributed by atoms with Crippen molar-refractivity contribution in [3.63, 3.8) is 0 Å². The van der Waals surface area contributed by atoms with Crippen molar-refractivity contribution in [3.8, 4) is 6.07 Å². The SMILES string of the molecule is N#Cc1ccc(NCC2COCCO2)c([N+](=O)[O-])c1. The lowest BCUT2D eigenvalue weighted by molar-refractivity contribution is -0.384. The minimum Gasteiger partial charge on any atom is -0.377 e. The van der Waals surface area contributed by atoms with Gasteiger partial charge < -0.3 is 14.8 Å². The van der Waals surface area contributed by atoms with E-state index in [-0.39, 0.29) is 17.4 Å². The first kappa shape index (κ1) is 13.3. The number of hydrogen-bond acceptors (Lipinski definition) is 6. The average Bonchev–Trinajstić information content (AvgIpc) is 2.46. The lowest BCUT2D eigenvalue weighted by Crippen LogP contribution is -2.34. The monoisotopic (exact) mass is 263 g/mol. The average molecular weight is 263 g/mol. The largest absolute Gasteiger partial charge is 0.377 e. The van der Waals surface area contributed by atoms with Crippen LogP contribution in [0.5, 0.6) is 0 Å². The number of nitrogens with zero attached hydrogens (tertiary/aromatic N) is 2. The topological polar surface area (TPSA) is 97.4 Å². The van der Waals surface area contributed by atoms with Gasteiger partial charge in [0.15, 0.2) is 0 Å². The summed E-state index contributed by atoms with van der Waals surface area (Å²) in [5, 5.41) is 22.6. The van der Waals surface area contributed by atoms with E-state index in [0.717, 1.165) is 0 Å². The number of anilines is 1. The van der Waals surface area contributed by atoms with Crippen molar-refractivity contribution < 1.29 is 14.4 Å². The molecule has 1 heterocycles. The normalized spacial score (nSPS) is 18.6. The lowest BCUT2D eigenvalue weighted by Gasteiger charge is -2.23. The van der Waals surface area contributed by atoms with E-state index in [1.807, 2.05) is 6.07 Å². The summed E-state index contributed by atoms with van der Waals surface area (Å²) in [7, 11) is 0. The van der Waals surface area contributed by atoms with Crippen LogP contribution in [0, 0.1) is 21.4 Å². The summed E-state index contributed by atoms with van der Waals surface area (Å²) in [6, 6.07) is 6.19. The summed E-state index contributed by atoms with van der Waals surface area (Å²) in [4.78, 5) is 10.4. The maximum absolute atomic E-state index is 10.9. The maximum atomic E-state index is 10.9. The fraction of sp³-hybridized carbons (Fsp3) is 0.417. The molecular weight excluding hydrogens is 250 g/mol. The fourth-order valence-corrected chi connectivity index (χ4v) is 1.78. The van der Waals surface area contributed by atoms with E-state index in [0.29, 0.717) is 32.1 Å². The number of nitro benzene ring substituents is 1. The summed E-state index contributed by atoms with van der Waals surface area (Å²) in [6.45, 7) is 2.00. The number of nitro groups is 1. The molecule has 1 atom stereocenters. The third kappa shape index (κ3) is 3.40. The van der Waals surface area contributed by atoms with Gasteiger partial charge in [0.25, 0.3) is 5.69 Å². The predicted octanol–water partition coefficient (Wildman–Crippen LogP) is 1.29. The molecule has 0 amide bonds. The molecule has 0 bridgehead atoms. The first-order chi connectivity index (χ1) is 9.20. The van der Waals surface area contributed by atoms with Crippen molar-refractivity contribution in [2.24, 2.45) is 0 Å². The van der Waals surface area contributed by atoms with Crippen LogP contribution in [0.1, 0.15) is 5.56 Å². The lowest BCUT2D eigenvalue weighted by atomic mass is 10.2. The number of rotatable bonds is 4. The van der Waals surface area contributed by atoms with E-state index < -0.39 is 4.92 Å². The van der Waals surface area contributed by atoms with E-state index in [2.05, 4.69) is 5.32 Å². The van der Waals surface area contributed by atoms with Crippen molar-refractivity contribution in [3.05, 3.63) is 33.9 Å². The molecule has 1 aromatic rings. The second kappa shape index (κ2) is 6.13. The number of ether oxygens (including phenoxy) is 2. The van der Waals surface area contributed by atoms with Gasteiger partial charge in [-0.05, 0) is 12.1 Å². The smallest absolute Gasteiger partial charge is 0.293 e. The second-order valence-corrected chi connectivity index (χ2v) is 4.05. The molecule has 19 heavy (non-hydrogen) atoms. The quantitative estimate of drug-likeness (QED) is 0.649. The van der Waals surface area contributed by atoms with Gasteiger partial charge in [-0.1, -0.05) is 0 Å². The van der Waals surface area contributed by atoms with Gasteiger partial charge in [0.05, 0.1) is 42.5 Å². The molecule has 0 saturated carbocycles. The standard InChI is InChI=1S/C12H13N3O4/c13-6-9-1-2-11(12(5-9)15(16)17)14-7-10-8-18-3-4-19-10/h1-2,5,10,14H,3-4,7-8H2. The Balaban J connectivity index is 2.06. The third-order valence-electron chi connectivity index (χ3n) is 2.73. The molecule has 1 fully saturated rings. The van der Waals surface area contributed by atoms with Gasteiger partial charge in [-0.3, -0.25) is 10.1 Å². The molecule has 0 aromatic heterocycles. The van der Waals surface area contributed by atoms with Crippen LogP contribution >= 0.6 is 0 Å². The van der Waals surface area contributed by atoms with Crippen molar-refractivity contribution in [2.45, 2.75) is 6.10 Å². The second-order valence-electron chi connectivity index (χ2n) is 4.05. The molecule has 1 saturated heterocycles. The molecule has 7 nitrogen and oxygen atoms in total. The molecule has 1 aliphatic heterocycles. The Kier molecular flexibility index (Phi) is 4.28. The molecule has 1 aromatic carbocycles. The summed E-state index contributed by atoms with van der Waals surface area (Å²) in [5.74, 6) is 0. The third-order valence-corrected chi connectivity index (χ3v) is 2.73.